The van der Waals surface area contributed by atoms with Gasteiger partial charge in [-0.05, 0) is 18.4 Å². The maximum atomic E-state index is 13.3. The van der Waals surface area contributed by atoms with Crippen molar-refractivity contribution in [2.24, 2.45) is 0 Å². The number of rotatable bonds is 0. The van der Waals surface area contributed by atoms with E-state index >= 15 is 0 Å². The summed E-state index contributed by atoms with van der Waals surface area (Å²) in [5, 5.41) is 0. The Morgan fingerprint density at radius 3 is 2.79 bits per heavy atom. The highest BCUT2D eigenvalue weighted by Crippen LogP contribution is 2.41. The highest BCUT2D eigenvalue weighted by atomic mass is 19.1. The molecule has 4 nitrogen and oxygen atoms in total. The summed E-state index contributed by atoms with van der Waals surface area (Å²) in [7, 11) is 0. The first-order chi connectivity index (χ1) is 9.11. The first-order valence-electron chi connectivity index (χ1n) is 6.03. The van der Waals surface area contributed by atoms with E-state index in [9.17, 15) is 14.0 Å². The Labute approximate surface area is 108 Å². The van der Waals surface area contributed by atoms with Gasteiger partial charge in [0.05, 0.1) is 6.08 Å². The molecule has 5 heteroatoms. The molecule has 0 fully saturated rings. The highest BCUT2D eigenvalue weighted by molar-refractivity contribution is 5.96. The minimum Gasteiger partial charge on any atom is -0.415 e. The number of carbonyl (C=O) groups is 2. The van der Waals surface area contributed by atoms with Gasteiger partial charge in [0.2, 0.25) is 5.83 Å². The first kappa shape index (κ1) is 11.9. The minimum atomic E-state index is -1.49. The van der Waals surface area contributed by atoms with Crippen LogP contribution >= 0.6 is 0 Å². The summed E-state index contributed by atoms with van der Waals surface area (Å²) in [4.78, 5) is 23.1. The Morgan fingerprint density at radius 1 is 1.16 bits per heavy atom. The van der Waals surface area contributed by atoms with E-state index in [2.05, 4.69) is 0 Å². The zero-order chi connectivity index (χ0) is 13.5. The Morgan fingerprint density at radius 2 is 1.95 bits per heavy atom. The van der Waals surface area contributed by atoms with Crippen LogP contribution in [0.2, 0.25) is 0 Å². The van der Waals surface area contributed by atoms with E-state index in [-0.39, 0.29) is 0 Å². The molecule has 0 N–H and O–H groups in total. The molecule has 1 aromatic carbocycles. The van der Waals surface area contributed by atoms with Gasteiger partial charge >= 0.3 is 11.9 Å². The number of carbonyl (C=O) groups excluding carboxylic acids is 2. The Hall–Kier alpha value is -2.17. The third-order valence-corrected chi connectivity index (χ3v) is 3.34. The van der Waals surface area contributed by atoms with Gasteiger partial charge in [-0.2, -0.15) is 4.39 Å². The summed E-state index contributed by atoms with van der Waals surface area (Å²) in [6, 6.07) is 7.24. The van der Waals surface area contributed by atoms with Crippen molar-refractivity contribution in [3.8, 4) is 0 Å². The summed E-state index contributed by atoms with van der Waals surface area (Å²) >= 11 is 0. The summed E-state index contributed by atoms with van der Waals surface area (Å²) in [5.41, 5.74) is 1.56. The van der Waals surface area contributed by atoms with E-state index < -0.39 is 23.6 Å². The average Bonchev–Trinajstić information content (AvgIpc) is 2.48. The molecule has 1 atom stereocenters. The van der Waals surface area contributed by atoms with Gasteiger partial charge in [0.1, 0.15) is 0 Å². The minimum absolute atomic E-state index is 0.336. The second-order valence-corrected chi connectivity index (χ2v) is 4.57. The monoisotopic (exact) mass is 262 g/mol. The van der Waals surface area contributed by atoms with Crippen LogP contribution in [0.5, 0.6) is 0 Å². The molecular weight excluding hydrogens is 251 g/mol. The van der Waals surface area contributed by atoms with Crippen LogP contribution in [0.1, 0.15) is 24.0 Å². The smallest absolute Gasteiger partial charge is 0.371 e. The summed E-state index contributed by atoms with van der Waals surface area (Å²) in [6.07, 6.45) is 2.36. The van der Waals surface area contributed by atoms with Crippen LogP contribution in [0.25, 0.3) is 0 Å². The van der Waals surface area contributed by atoms with E-state index in [4.69, 9.17) is 9.47 Å². The van der Waals surface area contributed by atoms with Crippen LogP contribution in [-0.4, -0.2) is 11.9 Å². The molecule has 1 aromatic rings. The largest absolute Gasteiger partial charge is 0.415 e. The molecule has 1 aliphatic carbocycles. The van der Waals surface area contributed by atoms with Crippen molar-refractivity contribution in [1.82, 2.24) is 0 Å². The standard InChI is InChI=1S/C14H11FO4/c15-11-8-12(16)18-14(19-13(11)17)7-3-5-9-4-1-2-6-10(9)14/h1-2,4,6,8H,3,5,7H2. The van der Waals surface area contributed by atoms with Crippen molar-refractivity contribution in [2.75, 3.05) is 0 Å². The number of hydrogen-bond donors (Lipinski definition) is 0. The van der Waals surface area contributed by atoms with E-state index in [1.165, 1.54) is 0 Å². The van der Waals surface area contributed by atoms with Gasteiger partial charge < -0.3 is 9.47 Å². The van der Waals surface area contributed by atoms with Gasteiger partial charge in [0.15, 0.2) is 0 Å². The molecule has 0 radical (unpaired) electrons. The van der Waals surface area contributed by atoms with Gasteiger partial charge in [-0.15, -0.1) is 0 Å². The van der Waals surface area contributed by atoms with Crippen LogP contribution < -0.4 is 0 Å². The van der Waals surface area contributed by atoms with Crippen molar-refractivity contribution in [3.63, 3.8) is 0 Å². The van der Waals surface area contributed by atoms with E-state index in [0.29, 0.717) is 24.5 Å². The lowest BCUT2D eigenvalue weighted by molar-refractivity contribution is -0.232. The van der Waals surface area contributed by atoms with Crippen molar-refractivity contribution < 1.29 is 23.5 Å². The predicted octanol–water partition coefficient (Wildman–Crippen LogP) is 2.13. The first-order valence-corrected chi connectivity index (χ1v) is 6.03. The SMILES string of the molecule is O=C1C=C(F)C(=O)OC2(CCCc3ccccc32)O1. The maximum Gasteiger partial charge on any atom is 0.371 e. The second kappa shape index (κ2) is 4.19. The molecule has 98 valence electrons. The second-order valence-electron chi connectivity index (χ2n) is 4.57. The molecule has 0 saturated carbocycles. The van der Waals surface area contributed by atoms with Crippen LogP contribution in [0.3, 0.4) is 0 Å². The lowest BCUT2D eigenvalue weighted by atomic mass is 9.86. The topological polar surface area (TPSA) is 52.6 Å². The van der Waals surface area contributed by atoms with Crippen LogP contribution in [0, 0.1) is 0 Å². The molecule has 1 spiro atoms. The Balaban J connectivity index is 2.10. The van der Waals surface area contributed by atoms with E-state index in [0.717, 1.165) is 12.0 Å². The summed E-state index contributed by atoms with van der Waals surface area (Å²) in [5.74, 6) is -4.79. The number of ether oxygens (including phenoxy) is 2. The molecule has 0 saturated heterocycles. The molecule has 19 heavy (non-hydrogen) atoms. The lowest BCUT2D eigenvalue weighted by Gasteiger charge is -2.35. The molecule has 1 heterocycles. The molecule has 3 rings (SSSR count). The van der Waals surface area contributed by atoms with Crippen molar-refractivity contribution in [1.29, 1.82) is 0 Å². The highest BCUT2D eigenvalue weighted by Gasteiger charge is 2.46. The molecule has 2 aliphatic rings. The van der Waals surface area contributed by atoms with Crippen molar-refractivity contribution in [2.45, 2.75) is 25.0 Å². The molecule has 1 unspecified atom stereocenters. The Bertz CT molecular complexity index is 593. The zero-order valence-electron chi connectivity index (χ0n) is 10.0. The van der Waals surface area contributed by atoms with Gasteiger partial charge in [-0.3, -0.25) is 0 Å². The number of esters is 2. The van der Waals surface area contributed by atoms with E-state index in [1.807, 2.05) is 12.1 Å². The van der Waals surface area contributed by atoms with Gasteiger partial charge in [0, 0.05) is 12.0 Å². The summed E-state index contributed by atoms with van der Waals surface area (Å²) < 4.78 is 23.6. The summed E-state index contributed by atoms with van der Waals surface area (Å²) in [6.45, 7) is 0. The molecule has 1 aliphatic heterocycles. The zero-order valence-corrected chi connectivity index (χ0v) is 10.0. The third-order valence-electron chi connectivity index (χ3n) is 3.34. The third kappa shape index (κ3) is 1.91. The predicted molar refractivity (Wildman–Crippen MR) is 62.4 cm³/mol. The number of aryl methyl sites for hydroxylation is 1. The molecule has 0 aromatic heterocycles. The number of halogens is 1. The van der Waals surface area contributed by atoms with Crippen LogP contribution in [0.15, 0.2) is 36.2 Å². The fourth-order valence-electron chi connectivity index (χ4n) is 2.54. The van der Waals surface area contributed by atoms with E-state index in [1.54, 1.807) is 12.1 Å². The number of fused-ring (bicyclic) bond motifs is 2. The fraction of sp³-hybridized carbons (Fsp3) is 0.286. The van der Waals surface area contributed by atoms with Gasteiger partial charge in [0.25, 0.3) is 5.79 Å². The van der Waals surface area contributed by atoms with Gasteiger partial charge in [-0.1, -0.05) is 24.3 Å². The van der Waals surface area contributed by atoms with Crippen LogP contribution in [-0.2, 0) is 31.3 Å². The fourth-order valence-corrected chi connectivity index (χ4v) is 2.54. The average molecular weight is 262 g/mol. The number of hydrogen-bond acceptors (Lipinski definition) is 4. The molecule has 0 amide bonds. The van der Waals surface area contributed by atoms with Crippen molar-refractivity contribution in [3.05, 3.63) is 47.3 Å². The quantitative estimate of drug-likeness (QED) is 0.672. The Kier molecular flexibility index (Phi) is 2.62. The normalized spacial score (nSPS) is 26.1. The molecule has 0 bridgehead atoms. The van der Waals surface area contributed by atoms with Crippen molar-refractivity contribution >= 4 is 11.9 Å². The van der Waals surface area contributed by atoms with Crippen LogP contribution in [0.4, 0.5) is 4.39 Å². The molecular formula is C14H11FO4. The maximum absolute atomic E-state index is 13.3. The van der Waals surface area contributed by atoms with Gasteiger partial charge in [-0.25, -0.2) is 9.59 Å². The lowest BCUT2D eigenvalue weighted by Crippen LogP contribution is -2.39. The number of benzene rings is 1.